The first-order valence-electron chi connectivity index (χ1n) is 8.26. The fraction of sp³-hybridized carbons (Fsp3) is 0.158. The lowest BCUT2D eigenvalue weighted by Gasteiger charge is -2.07. The van der Waals surface area contributed by atoms with Crippen molar-refractivity contribution in [1.82, 2.24) is 15.2 Å². The van der Waals surface area contributed by atoms with Gasteiger partial charge in [0, 0.05) is 40.2 Å². The van der Waals surface area contributed by atoms with E-state index < -0.39 is 5.63 Å². The molecular weight excluding hydrogens is 386 g/mol. The number of nitrogens with zero attached hydrogens (tertiary/aromatic N) is 3. The average molecular weight is 400 g/mol. The monoisotopic (exact) mass is 399 g/mol. The van der Waals surface area contributed by atoms with Crippen molar-refractivity contribution in [2.24, 2.45) is 0 Å². The Morgan fingerprint density at radius 1 is 1.07 bits per heavy atom. The van der Waals surface area contributed by atoms with Crippen molar-refractivity contribution in [2.75, 3.05) is 0 Å². The molecule has 0 aliphatic rings. The summed E-state index contributed by atoms with van der Waals surface area (Å²) in [6.45, 7) is 2.00. The van der Waals surface area contributed by atoms with Crippen LogP contribution in [0.4, 0.5) is 0 Å². The summed E-state index contributed by atoms with van der Waals surface area (Å²) in [4.78, 5) is 15.9. The number of hydrogen-bond acceptors (Lipinski definition) is 7. The number of hydrogen-bond donors (Lipinski definition) is 0. The number of aromatic nitrogens is 3. The molecule has 27 heavy (non-hydrogen) atoms. The number of thioether (sulfide) groups is 1. The van der Waals surface area contributed by atoms with E-state index in [1.807, 2.05) is 19.1 Å². The molecule has 1 aromatic carbocycles. The molecule has 136 valence electrons. The van der Waals surface area contributed by atoms with Crippen LogP contribution < -0.4 is 5.63 Å². The number of benzene rings is 1. The van der Waals surface area contributed by atoms with E-state index in [-0.39, 0.29) is 0 Å². The molecule has 0 aliphatic heterocycles. The Morgan fingerprint density at radius 2 is 1.89 bits per heavy atom. The highest BCUT2D eigenvalue weighted by atomic mass is 35.5. The number of aryl methyl sites for hydroxylation is 1. The molecule has 0 atom stereocenters. The van der Waals surface area contributed by atoms with Crippen LogP contribution in [0.3, 0.4) is 0 Å². The third kappa shape index (κ3) is 3.74. The van der Waals surface area contributed by atoms with E-state index in [1.165, 1.54) is 17.8 Å². The lowest BCUT2D eigenvalue weighted by molar-refractivity contribution is 0.466. The second kappa shape index (κ2) is 7.54. The molecule has 4 aromatic rings. The van der Waals surface area contributed by atoms with Crippen molar-refractivity contribution in [2.45, 2.75) is 24.3 Å². The van der Waals surface area contributed by atoms with Gasteiger partial charge in [-0.1, -0.05) is 30.3 Å². The van der Waals surface area contributed by atoms with Gasteiger partial charge in [0.2, 0.25) is 5.89 Å². The van der Waals surface area contributed by atoms with Crippen LogP contribution >= 0.6 is 23.4 Å². The van der Waals surface area contributed by atoms with E-state index in [4.69, 9.17) is 20.4 Å². The van der Waals surface area contributed by atoms with Crippen molar-refractivity contribution in [3.8, 4) is 11.5 Å². The van der Waals surface area contributed by atoms with Crippen molar-refractivity contribution >= 4 is 34.3 Å². The van der Waals surface area contributed by atoms with Crippen molar-refractivity contribution < 1.29 is 8.83 Å². The van der Waals surface area contributed by atoms with E-state index in [9.17, 15) is 4.79 Å². The van der Waals surface area contributed by atoms with Crippen LogP contribution in [0.2, 0.25) is 5.02 Å². The van der Waals surface area contributed by atoms with Crippen molar-refractivity contribution in [3.05, 3.63) is 69.3 Å². The number of pyridine rings is 1. The summed E-state index contributed by atoms with van der Waals surface area (Å²) in [5.41, 5.74) is 2.68. The van der Waals surface area contributed by atoms with E-state index in [1.54, 1.807) is 24.5 Å². The normalized spacial score (nSPS) is 11.2. The minimum Gasteiger partial charge on any atom is -0.423 e. The van der Waals surface area contributed by atoms with Crippen LogP contribution in [-0.2, 0) is 12.2 Å². The molecule has 0 spiro atoms. The molecule has 0 N–H and O–H groups in total. The van der Waals surface area contributed by atoms with E-state index >= 15 is 0 Å². The summed E-state index contributed by atoms with van der Waals surface area (Å²) < 4.78 is 11.0. The first-order chi connectivity index (χ1) is 13.1. The Kier molecular flexibility index (Phi) is 4.96. The second-order valence-electron chi connectivity index (χ2n) is 5.78. The van der Waals surface area contributed by atoms with E-state index in [0.717, 1.165) is 28.5 Å². The van der Waals surface area contributed by atoms with Crippen LogP contribution in [0.5, 0.6) is 0 Å². The second-order valence-corrected chi connectivity index (χ2v) is 7.12. The predicted octanol–water partition coefficient (Wildman–Crippen LogP) is 4.75. The smallest absolute Gasteiger partial charge is 0.336 e. The standard InChI is InChI=1S/C19H14ClN3O3S/c1-2-11-7-16-14(9-15(11)20)13(8-17(24)25-16)10-27-19-23-22-18(26-19)12-3-5-21-6-4-12/h3-9H,2,10H2,1H3. The minimum atomic E-state index is -0.398. The van der Waals surface area contributed by atoms with Crippen LogP contribution in [-0.4, -0.2) is 15.2 Å². The first-order valence-corrected chi connectivity index (χ1v) is 9.62. The van der Waals surface area contributed by atoms with Crippen molar-refractivity contribution in [1.29, 1.82) is 0 Å². The lowest BCUT2D eigenvalue weighted by Crippen LogP contribution is -2.00. The maximum Gasteiger partial charge on any atom is 0.336 e. The highest BCUT2D eigenvalue weighted by Crippen LogP contribution is 2.30. The van der Waals surface area contributed by atoms with Gasteiger partial charge < -0.3 is 8.83 Å². The van der Waals surface area contributed by atoms with Gasteiger partial charge in [-0.15, -0.1) is 10.2 Å². The Balaban J connectivity index is 1.62. The molecule has 0 saturated heterocycles. The molecule has 0 saturated carbocycles. The molecule has 0 bridgehead atoms. The van der Waals surface area contributed by atoms with Gasteiger partial charge in [0.25, 0.3) is 5.22 Å². The summed E-state index contributed by atoms with van der Waals surface area (Å²) in [6, 6.07) is 8.72. The largest absolute Gasteiger partial charge is 0.423 e. The minimum absolute atomic E-state index is 0.398. The molecule has 8 heteroatoms. The first kappa shape index (κ1) is 17.8. The SMILES string of the molecule is CCc1cc2oc(=O)cc(CSc3nnc(-c4ccncc4)o3)c2cc1Cl. The zero-order valence-corrected chi connectivity index (χ0v) is 15.9. The third-order valence-corrected chi connectivity index (χ3v) is 5.28. The van der Waals surface area contributed by atoms with E-state index in [0.29, 0.717) is 27.5 Å². The molecule has 0 radical (unpaired) electrons. The van der Waals surface area contributed by atoms with Crippen LogP contribution in [0.25, 0.3) is 22.4 Å². The van der Waals surface area contributed by atoms with Crippen LogP contribution in [0.1, 0.15) is 18.1 Å². The van der Waals surface area contributed by atoms with Crippen molar-refractivity contribution in [3.63, 3.8) is 0 Å². The van der Waals surface area contributed by atoms with Gasteiger partial charge in [0.05, 0.1) is 0 Å². The topological polar surface area (TPSA) is 82.0 Å². The molecular formula is C19H14ClN3O3S. The van der Waals surface area contributed by atoms with Gasteiger partial charge >= 0.3 is 5.63 Å². The fourth-order valence-corrected chi connectivity index (χ4v) is 3.75. The molecule has 6 nitrogen and oxygen atoms in total. The lowest BCUT2D eigenvalue weighted by atomic mass is 10.1. The molecule has 0 fully saturated rings. The summed E-state index contributed by atoms with van der Waals surface area (Å²) in [5, 5.41) is 9.98. The average Bonchev–Trinajstić information content (AvgIpc) is 3.16. The Bertz CT molecular complexity index is 1160. The van der Waals surface area contributed by atoms with Gasteiger partial charge in [0.1, 0.15) is 5.58 Å². The predicted molar refractivity (Wildman–Crippen MR) is 104 cm³/mol. The Morgan fingerprint density at radius 3 is 2.67 bits per heavy atom. The quantitative estimate of drug-likeness (QED) is 0.354. The van der Waals surface area contributed by atoms with Gasteiger partial charge in [-0.05, 0) is 41.8 Å². The Labute approximate surface area is 163 Å². The molecule has 3 aromatic heterocycles. The maximum absolute atomic E-state index is 11.9. The zero-order valence-electron chi connectivity index (χ0n) is 14.3. The molecule has 0 amide bonds. The molecule has 0 aliphatic carbocycles. The number of rotatable bonds is 5. The number of halogens is 1. The summed E-state index contributed by atoms with van der Waals surface area (Å²) in [7, 11) is 0. The van der Waals surface area contributed by atoms with Gasteiger partial charge in [-0.2, -0.15) is 0 Å². The van der Waals surface area contributed by atoms with Crippen LogP contribution in [0, 0.1) is 0 Å². The van der Waals surface area contributed by atoms with Gasteiger partial charge in [0.15, 0.2) is 0 Å². The summed E-state index contributed by atoms with van der Waals surface area (Å²) in [6.07, 6.45) is 4.09. The molecule has 0 unspecified atom stereocenters. The Hall–Kier alpha value is -2.64. The van der Waals surface area contributed by atoms with E-state index in [2.05, 4.69) is 15.2 Å². The third-order valence-electron chi connectivity index (χ3n) is 4.06. The zero-order chi connectivity index (χ0) is 18.8. The maximum atomic E-state index is 11.9. The molecule has 3 heterocycles. The van der Waals surface area contributed by atoms with Crippen LogP contribution in [0.15, 0.2) is 61.6 Å². The molecule has 4 rings (SSSR count). The van der Waals surface area contributed by atoms with Gasteiger partial charge in [-0.3, -0.25) is 4.98 Å². The highest BCUT2D eigenvalue weighted by Gasteiger charge is 2.13. The fourth-order valence-electron chi connectivity index (χ4n) is 2.70. The summed E-state index contributed by atoms with van der Waals surface area (Å²) in [5.74, 6) is 0.898. The highest BCUT2D eigenvalue weighted by molar-refractivity contribution is 7.98. The summed E-state index contributed by atoms with van der Waals surface area (Å²) >= 11 is 7.68. The van der Waals surface area contributed by atoms with Gasteiger partial charge in [-0.25, -0.2) is 4.79 Å². The number of fused-ring (bicyclic) bond motifs is 1.